The van der Waals surface area contributed by atoms with Crippen molar-refractivity contribution in [3.05, 3.63) is 59.9 Å². The number of esters is 1. The van der Waals surface area contributed by atoms with Crippen LogP contribution in [0, 0.1) is 5.82 Å². The Labute approximate surface area is 157 Å². The molecule has 0 fully saturated rings. The van der Waals surface area contributed by atoms with E-state index >= 15 is 0 Å². The summed E-state index contributed by atoms with van der Waals surface area (Å²) in [6, 6.07) is 10.3. The number of amides is 2. The first-order valence-electron chi connectivity index (χ1n) is 7.88. The molecule has 0 aromatic heterocycles. The number of anilines is 1. The van der Waals surface area contributed by atoms with Crippen LogP contribution in [0.1, 0.15) is 10.4 Å². The van der Waals surface area contributed by atoms with Gasteiger partial charge in [-0.1, -0.05) is 12.1 Å². The van der Waals surface area contributed by atoms with Crippen LogP contribution in [0.4, 0.5) is 18.9 Å². The van der Waals surface area contributed by atoms with E-state index in [4.69, 9.17) is 0 Å². The molecule has 148 valence electrons. The quantitative estimate of drug-likeness (QED) is 0.668. The summed E-state index contributed by atoms with van der Waals surface area (Å²) >= 11 is 0. The molecule has 2 rings (SSSR count). The molecule has 0 saturated heterocycles. The number of hydrogen-bond acceptors (Lipinski definition) is 5. The summed E-state index contributed by atoms with van der Waals surface area (Å²) in [6.07, 6.45) is 0. The first kappa shape index (κ1) is 20.7. The van der Waals surface area contributed by atoms with Crippen LogP contribution < -0.4 is 15.4 Å². The number of hydrogen-bond donors (Lipinski definition) is 2. The summed E-state index contributed by atoms with van der Waals surface area (Å²) in [5, 5.41) is 4.55. The van der Waals surface area contributed by atoms with Crippen LogP contribution in [0.15, 0.2) is 48.5 Å². The number of alkyl halides is 2. The Kier molecular flexibility index (Phi) is 7.37. The third-order valence-electron chi connectivity index (χ3n) is 3.24. The third-order valence-corrected chi connectivity index (χ3v) is 3.24. The Bertz CT molecular complexity index is 843. The molecule has 2 aromatic rings. The van der Waals surface area contributed by atoms with E-state index in [1.807, 2.05) is 0 Å². The van der Waals surface area contributed by atoms with E-state index in [0.717, 1.165) is 6.07 Å². The van der Waals surface area contributed by atoms with E-state index < -0.39 is 43.4 Å². The zero-order chi connectivity index (χ0) is 20.5. The van der Waals surface area contributed by atoms with Gasteiger partial charge in [-0.25, -0.2) is 4.39 Å². The average Bonchev–Trinajstić information content (AvgIpc) is 2.66. The van der Waals surface area contributed by atoms with Crippen molar-refractivity contribution in [2.24, 2.45) is 0 Å². The highest BCUT2D eigenvalue weighted by Crippen LogP contribution is 2.17. The maximum absolute atomic E-state index is 13.4. The summed E-state index contributed by atoms with van der Waals surface area (Å²) in [5.74, 6) is -3.20. The second kappa shape index (κ2) is 9.95. The van der Waals surface area contributed by atoms with Gasteiger partial charge in [-0.3, -0.25) is 14.4 Å². The highest BCUT2D eigenvalue weighted by atomic mass is 19.3. The fourth-order valence-electron chi connectivity index (χ4n) is 2.01. The van der Waals surface area contributed by atoms with Crippen molar-refractivity contribution in [2.75, 3.05) is 18.5 Å². The maximum Gasteiger partial charge on any atom is 0.387 e. The summed E-state index contributed by atoms with van der Waals surface area (Å²) in [6.45, 7) is -4.15. The fraction of sp³-hybridized carbons (Fsp3) is 0.167. The fourth-order valence-corrected chi connectivity index (χ4v) is 2.01. The lowest BCUT2D eigenvalue weighted by Gasteiger charge is -2.09. The zero-order valence-electron chi connectivity index (χ0n) is 14.3. The van der Waals surface area contributed by atoms with Crippen LogP contribution in [0.2, 0.25) is 0 Å². The van der Waals surface area contributed by atoms with Crippen molar-refractivity contribution in [3.8, 4) is 5.75 Å². The van der Waals surface area contributed by atoms with Gasteiger partial charge in [-0.15, -0.1) is 0 Å². The van der Waals surface area contributed by atoms with Crippen molar-refractivity contribution in [1.82, 2.24) is 5.32 Å². The molecule has 2 aromatic carbocycles. The van der Waals surface area contributed by atoms with Gasteiger partial charge in [0.25, 0.3) is 11.8 Å². The molecule has 0 bridgehead atoms. The summed E-state index contributed by atoms with van der Waals surface area (Å²) in [5.41, 5.74) is 0.0443. The standard InChI is InChI=1S/C18H15F3N2O5/c19-14-4-2-1-3-13(14)17(26)22-9-16(25)27-10-15(24)23-11-5-7-12(8-6-11)28-18(20)21/h1-8,18H,9-10H2,(H,22,26)(H,23,24). The lowest BCUT2D eigenvalue weighted by atomic mass is 10.2. The summed E-state index contributed by atoms with van der Waals surface area (Å²) < 4.78 is 46.4. The minimum absolute atomic E-state index is 0.0787. The molecule has 0 heterocycles. The molecular weight excluding hydrogens is 381 g/mol. The number of carbonyl (C=O) groups excluding carboxylic acids is 3. The van der Waals surface area contributed by atoms with Gasteiger partial charge in [-0.05, 0) is 36.4 Å². The number of nitrogens with one attached hydrogen (secondary N) is 2. The topological polar surface area (TPSA) is 93.7 Å². The molecule has 28 heavy (non-hydrogen) atoms. The van der Waals surface area contributed by atoms with E-state index in [0.29, 0.717) is 0 Å². The monoisotopic (exact) mass is 396 g/mol. The normalized spacial score (nSPS) is 10.3. The lowest BCUT2D eigenvalue weighted by molar-refractivity contribution is -0.146. The smallest absolute Gasteiger partial charge is 0.387 e. The van der Waals surface area contributed by atoms with E-state index in [-0.39, 0.29) is 17.0 Å². The molecule has 10 heteroatoms. The number of rotatable bonds is 8. The molecule has 0 saturated carbocycles. The minimum atomic E-state index is -2.96. The van der Waals surface area contributed by atoms with E-state index in [1.165, 1.54) is 42.5 Å². The Balaban J connectivity index is 1.72. The lowest BCUT2D eigenvalue weighted by Crippen LogP contribution is -2.32. The second-order valence-corrected chi connectivity index (χ2v) is 5.27. The molecule has 0 aliphatic carbocycles. The molecule has 0 aliphatic heterocycles. The van der Waals surface area contributed by atoms with Crippen molar-refractivity contribution in [2.45, 2.75) is 6.61 Å². The van der Waals surface area contributed by atoms with Crippen LogP contribution >= 0.6 is 0 Å². The van der Waals surface area contributed by atoms with Crippen LogP contribution in [0.3, 0.4) is 0 Å². The minimum Gasteiger partial charge on any atom is -0.454 e. The largest absolute Gasteiger partial charge is 0.454 e. The van der Waals surface area contributed by atoms with E-state index in [1.54, 1.807) is 0 Å². The van der Waals surface area contributed by atoms with Crippen LogP contribution in [-0.2, 0) is 14.3 Å². The Hall–Kier alpha value is -3.56. The van der Waals surface area contributed by atoms with Gasteiger partial charge in [0.1, 0.15) is 18.1 Å². The maximum atomic E-state index is 13.4. The van der Waals surface area contributed by atoms with Crippen molar-refractivity contribution in [1.29, 1.82) is 0 Å². The molecule has 0 atom stereocenters. The first-order chi connectivity index (χ1) is 13.3. The molecule has 7 nitrogen and oxygen atoms in total. The highest BCUT2D eigenvalue weighted by Gasteiger charge is 2.13. The number of benzene rings is 2. The average molecular weight is 396 g/mol. The second-order valence-electron chi connectivity index (χ2n) is 5.27. The molecule has 0 unspecified atom stereocenters. The Morgan fingerprint density at radius 1 is 1.00 bits per heavy atom. The third kappa shape index (κ3) is 6.63. The van der Waals surface area contributed by atoms with Gasteiger partial charge in [0.05, 0.1) is 5.56 Å². The SMILES string of the molecule is O=C(COC(=O)CNC(=O)c1ccccc1F)Nc1ccc(OC(F)F)cc1. The van der Waals surface area contributed by atoms with Gasteiger partial charge in [0.15, 0.2) is 6.61 Å². The number of ether oxygens (including phenoxy) is 2. The van der Waals surface area contributed by atoms with Gasteiger partial charge in [0.2, 0.25) is 0 Å². The van der Waals surface area contributed by atoms with E-state index in [2.05, 4.69) is 20.1 Å². The van der Waals surface area contributed by atoms with Gasteiger partial charge in [-0.2, -0.15) is 8.78 Å². The van der Waals surface area contributed by atoms with Crippen LogP contribution in [0.5, 0.6) is 5.75 Å². The zero-order valence-corrected chi connectivity index (χ0v) is 14.3. The van der Waals surface area contributed by atoms with Crippen molar-refractivity contribution in [3.63, 3.8) is 0 Å². The van der Waals surface area contributed by atoms with Crippen LogP contribution in [-0.4, -0.2) is 37.5 Å². The van der Waals surface area contributed by atoms with Crippen LogP contribution in [0.25, 0.3) is 0 Å². The van der Waals surface area contributed by atoms with Gasteiger partial charge in [0, 0.05) is 5.69 Å². The summed E-state index contributed by atoms with van der Waals surface area (Å²) in [4.78, 5) is 35.0. The molecule has 0 radical (unpaired) electrons. The molecule has 2 N–H and O–H groups in total. The molecular formula is C18H15F3N2O5. The Morgan fingerprint density at radius 3 is 2.32 bits per heavy atom. The molecule has 0 spiro atoms. The first-order valence-corrected chi connectivity index (χ1v) is 7.88. The number of carbonyl (C=O) groups is 3. The van der Waals surface area contributed by atoms with Crippen molar-refractivity contribution >= 4 is 23.5 Å². The highest BCUT2D eigenvalue weighted by molar-refractivity contribution is 5.96. The van der Waals surface area contributed by atoms with Gasteiger partial charge < -0.3 is 20.1 Å². The molecule has 2 amide bonds. The molecule has 0 aliphatic rings. The Morgan fingerprint density at radius 2 is 1.68 bits per heavy atom. The predicted octanol–water partition coefficient (Wildman–Crippen LogP) is 2.34. The van der Waals surface area contributed by atoms with E-state index in [9.17, 15) is 27.6 Å². The summed E-state index contributed by atoms with van der Waals surface area (Å²) in [7, 11) is 0. The number of halogens is 3. The van der Waals surface area contributed by atoms with Gasteiger partial charge >= 0.3 is 12.6 Å². The predicted molar refractivity (Wildman–Crippen MR) is 91.4 cm³/mol. The van der Waals surface area contributed by atoms with Crippen molar-refractivity contribution < 1.29 is 37.0 Å².